The SMILES string of the molecule is CCOC(=O)c1cc(C(=O)Nc2ccc(OC)cc2)c(=O)[nH]c1C. The van der Waals surface area contributed by atoms with E-state index in [-0.39, 0.29) is 17.7 Å². The van der Waals surface area contributed by atoms with Crippen LogP contribution in [0, 0.1) is 6.92 Å². The molecule has 0 aliphatic rings. The number of aromatic nitrogens is 1. The summed E-state index contributed by atoms with van der Waals surface area (Å²) in [4.78, 5) is 38.7. The highest BCUT2D eigenvalue weighted by atomic mass is 16.5. The van der Waals surface area contributed by atoms with Gasteiger partial charge in [0.2, 0.25) is 0 Å². The van der Waals surface area contributed by atoms with Crippen LogP contribution in [0.25, 0.3) is 0 Å². The van der Waals surface area contributed by atoms with E-state index in [2.05, 4.69) is 10.3 Å². The molecule has 2 aromatic rings. The van der Waals surface area contributed by atoms with Crippen molar-refractivity contribution in [2.24, 2.45) is 0 Å². The molecule has 2 N–H and O–H groups in total. The second kappa shape index (κ2) is 7.45. The third-order valence-electron chi connectivity index (χ3n) is 3.33. The van der Waals surface area contributed by atoms with E-state index in [0.29, 0.717) is 17.1 Å². The van der Waals surface area contributed by atoms with Crippen LogP contribution in [0.3, 0.4) is 0 Å². The Balaban J connectivity index is 2.29. The van der Waals surface area contributed by atoms with Gasteiger partial charge >= 0.3 is 5.97 Å². The number of nitrogens with one attached hydrogen (secondary N) is 2. The lowest BCUT2D eigenvalue weighted by atomic mass is 10.1. The minimum atomic E-state index is -0.619. The van der Waals surface area contributed by atoms with E-state index in [4.69, 9.17) is 9.47 Å². The molecule has 0 unspecified atom stereocenters. The second-order valence-electron chi connectivity index (χ2n) is 4.95. The number of H-pyrrole nitrogens is 1. The average molecular weight is 330 g/mol. The second-order valence-corrected chi connectivity index (χ2v) is 4.95. The quantitative estimate of drug-likeness (QED) is 0.818. The maximum Gasteiger partial charge on any atom is 0.339 e. The minimum Gasteiger partial charge on any atom is -0.497 e. The van der Waals surface area contributed by atoms with Gasteiger partial charge in [-0.3, -0.25) is 9.59 Å². The van der Waals surface area contributed by atoms with Crippen LogP contribution in [0.15, 0.2) is 35.1 Å². The standard InChI is InChI=1S/C17H18N2O5/c1-4-24-17(22)13-9-14(15(20)18-10(13)2)16(21)19-11-5-7-12(23-3)8-6-11/h5-9H,4H2,1-3H3,(H,18,20)(H,19,21). The van der Waals surface area contributed by atoms with Crippen LogP contribution in [0.4, 0.5) is 5.69 Å². The van der Waals surface area contributed by atoms with Crippen molar-refractivity contribution >= 4 is 17.6 Å². The number of aromatic amines is 1. The van der Waals surface area contributed by atoms with E-state index in [1.54, 1.807) is 38.1 Å². The van der Waals surface area contributed by atoms with Gasteiger partial charge in [-0.1, -0.05) is 0 Å². The highest BCUT2D eigenvalue weighted by Gasteiger charge is 2.18. The van der Waals surface area contributed by atoms with Crippen molar-refractivity contribution in [2.45, 2.75) is 13.8 Å². The van der Waals surface area contributed by atoms with Crippen LogP contribution in [0.1, 0.15) is 33.3 Å². The summed E-state index contributed by atoms with van der Waals surface area (Å²) in [7, 11) is 1.54. The van der Waals surface area contributed by atoms with E-state index in [1.165, 1.54) is 13.2 Å². The van der Waals surface area contributed by atoms with Gasteiger partial charge in [-0.2, -0.15) is 0 Å². The Kier molecular flexibility index (Phi) is 5.36. The lowest BCUT2D eigenvalue weighted by Crippen LogP contribution is -2.25. The summed E-state index contributed by atoms with van der Waals surface area (Å²) in [6.07, 6.45) is 0. The summed E-state index contributed by atoms with van der Waals surface area (Å²) in [5.41, 5.74) is 0.250. The molecule has 1 heterocycles. The highest BCUT2D eigenvalue weighted by Crippen LogP contribution is 2.16. The number of rotatable bonds is 5. The fourth-order valence-electron chi connectivity index (χ4n) is 2.09. The number of hydrogen-bond acceptors (Lipinski definition) is 5. The minimum absolute atomic E-state index is 0.149. The van der Waals surface area contributed by atoms with Gasteiger partial charge in [0.1, 0.15) is 11.3 Å². The topological polar surface area (TPSA) is 97.5 Å². The Hall–Kier alpha value is -3.09. The fraction of sp³-hybridized carbons (Fsp3) is 0.235. The first kappa shape index (κ1) is 17.3. The predicted molar refractivity (Wildman–Crippen MR) is 88.7 cm³/mol. The molecule has 7 heteroatoms. The van der Waals surface area contributed by atoms with Gasteiger partial charge in [0.15, 0.2) is 0 Å². The van der Waals surface area contributed by atoms with Gasteiger partial charge < -0.3 is 19.8 Å². The number of esters is 1. The number of carbonyl (C=O) groups excluding carboxylic acids is 2. The number of benzene rings is 1. The molecule has 24 heavy (non-hydrogen) atoms. The Labute approximate surface area is 138 Å². The van der Waals surface area contributed by atoms with E-state index in [0.717, 1.165) is 0 Å². The molecule has 0 spiro atoms. The zero-order chi connectivity index (χ0) is 17.7. The number of carbonyl (C=O) groups is 2. The Morgan fingerprint density at radius 1 is 1.17 bits per heavy atom. The van der Waals surface area contributed by atoms with Crippen molar-refractivity contribution in [3.63, 3.8) is 0 Å². The van der Waals surface area contributed by atoms with Crippen LogP contribution in [0.2, 0.25) is 0 Å². The van der Waals surface area contributed by atoms with E-state index in [1.807, 2.05) is 0 Å². The first-order chi connectivity index (χ1) is 11.5. The third-order valence-corrected chi connectivity index (χ3v) is 3.33. The van der Waals surface area contributed by atoms with Crippen molar-refractivity contribution < 1.29 is 19.1 Å². The first-order valence-corrected chi connectivity index (χ1v) is 7.32. The number of hydrogen-bond donors (Lipinski definition) is 2. The predicted octanol–water partition coefficient (Wildman–Crippen LogP) is 2.12. The number of pyridine rings is 1. The normalized spacial score (nSPS) is 10.1. The molecule has 2 rings (SSSR count). The molecule has 0 saturated carbocycles. The van der Waals surface area contributed by atoms with Gasteiger partial charge in [0, 0.05) is 11.4 Å². The molecule has 0 aliphatic carbocycles. The van der Waals surface area contributed by atoms with Crippen molar-refractivity contribution in [2.75, 3.05) is 19.0 Å². The van der Waals surface area contributed by atoms with Crippen LogP contribution < -0.4 is 15.6 Å². The number of ether oxygens (including phenoxy) is 2. The summed E-state index contributed by atoms with van der Waals surface area (Å²) >= 11 is 0. The highest BCUT2D eigenvalue weighted by molar-refractivity contribution is 6.05. The zero-order valence-electron chi connectivity index (χ0n) is 13.6. The summed E-state index contributed by atoms with van der Waals surface area (Å²) in [6.45, 7) is 3.44. The zero-order valence-corrected chi connectivity index (χ0v) is 13.6. The molecule has 0 saturated heterocycles. The Bertz CT molecular complexity index is 809. The molecule has 0 atom stereocenters. The van der Waals surface area contributed by atoms with Crippen LogP contribution in [0.5, 0.6) is 5.75 Å². The molecule has 0 radical (unpaired) electrons. The summed E-state index contributed by atoms with van der Waals surface area (Å²) in [6, 6.07) is 7.89. The van der Waals surface area contributed by atoms with Crippen LogP contribution in [-0.4, -0.2) is 30.6 Å². The van der Waals surface area contributed by atoms with Crippen molar-refractivity contribution in [1.29, 1.82) is 0 Å². The maximum atomic E-state index is 12.3. The first-order valence-electron chi connectivity index (χ1n) is 7.32. The van der Waals surface area contributed by atoms with Gasteiger partial charge in [-0.05, 0) is 44.2 Å². The monoisotopic (exact) mass is 330 g/mol. The molecule has 7 nitrogen and oxygen atoms in total. The molecule has 0 aliphatic heterocycles. The smallest absolute Gasteiger partial charge is 0.339 e. The average Bonchev–Trinajstić information content (AvgIpc) is 2.55. The van der Waals surface area contributed by atoms with E-state index in [9.17, 15) is 14.4 Å². The molecule has 1 amide bonds. The van der Waals surface area contributed by atoms with E-state index < -0.39 is 17.4 Å². The van der Waals surface area contributed by atoms with Crippen molar-refractivity contribution in [3.8, 4) is 5.75 Å². The number of anilines is 1. The van der Waals surface area contributed by atoms with Crippen LogP contribution >= 0.6 is 0 Å². The molecule has 1 aromatic heterocycles. The lowest BCUT2D eigenvalue weighted by Gasteiger charge is -2.09. The lowest BCUT2D eigenvalue weighted by molar-refractivity contribution is 0.0525. The Morgan fingerprint density at radius 2 is 1.83 bits per heavy atom. The van der Waals surface area contributed by atoms with E-state index >= 15 is 0 Å². The van der Waals surface area contributed by atoms with Gasteiger partial charge in [0.05, 0.1) is 19.3 Å². The van der Waals surface area contributed by atoms with Gasteiger partial charge in [-0.25, -0.2) is 4.79 Å². The van der Waals surface area contributed by atoms with Gasteiger partial charge in [-0.15, -0.1) is 0 Å². The molecular weight excluding hydrogens is 312 g/mol. The fourth-order valence-corrected chi connectivity index (χ4v) is 2.09. The summed E-state index contributed by atoms with van der Waals surface area (Å²) in [5, 5.41) is 2.60. The largest absolute Gasteiger partial charge is 0.497 e. The number of methoxy groups -OCH3 is 1. The van der Waals surface area contributed by atoms with Crippen LogP contribution in [-0.2, 0) is 4.74 Å². The maximum absolute atomic E-state index is 12.3. The van der Waals surface area contributed by atoms with Gasteiger partial charge in [0.25, 0.3) is 11.5 Å². The summed E-state index contributed by atoms with van der Waals surface area (Å²) in [5.74, 6) is -0.567. The molecule has 126 valence electrons. The van der Waals surface area contributed by atoms with Crippen molar-refractivity contribution in [3.05, 3.63) is 57.5 Å². The third kappa shape index (κ3) is 3.81. The summed E-state index contributed by atoms with van der Waals surface area (Å²) < 4.78 is 9.96. The number of aryl methyl sites for hydroxylation is 1. The molecular formula is C17H18N2O5. The van der Waals surface area contributed by atoms with Crippen molar-refractivity contribution in [1.82, 2.24) is 4.98 Å². The molecule has 0 bridgehead atoms. The number of amides is 1. The molecule has 1 aromatic carbocycles. The molecule has 0 fully saturated rings. The Morgan fingerprint density at radius 3 is 2.42 bits per heavy atom.